The second-order valence-corrected chi connectivity index (χ2v) is 13.0. The van der Waals surface area contributed by atoms with Crippen LogP contribution in [0.1, 0.15) is 0 Å². The fourth-order valence-electron chi connectivity index (χ4n) is 7.34. The second-order valence-electron chi connectivity index (χ2n) is 11.9. The van der Waals surface area contributed by atoms with Gasteiger partial charge >= 0.3 is 0 Å². The summed E-state index contributed by atoms with van der Waals surface area (Å²) >= 11 is 1.87. The van der Waals surface area contributed by atoms with Crippen LogP contribution < -0.4 is 0 Å². The van der Waals surface area contributed by atoms with Gasteiger partial charge in [0.05, 0.1) is 22.2 Å². The lowest BCUT2D eigenvalue weighted by Gasteiger charge is -2.14. The standard InChI is InChI=1S/C43H26N2S/c1-2-11-29(12-3-1)45-38-19-8-5-13-31(38)33-25-26-36-40(42(33)45)35-15-4-7-18-37(35)44-41(36)28-23-21-27(22-24-28)30-16-10-17-34-32-14-6-9-20-39(32)46-43(30)34/h1-26H. The number of rotatable bonds is 3. The molecular weight excluding hydrogens is 577 g/mol. The zero-order valence-corrected chi connectivity index (χ0v) is 25.6. The quantitative estimate of drug-likeness (QED) is 0.184. The van der Waals surface area contributed by atoms with E-state index in [2.05, 4.69) is 162 Å². The van der Waals surface area contributed by atoms with Crippen molar-refractivity contribution in [1.29, 1.82) is 0 Å². The van der Waals surface area contributed by atoms with E-state index < -0.39 is 0 Å². The highest BCUT2D eigenvalue weighted by molar-refractivity contribution is 7.26. The van der Waals surface area contributed by atoms with Gasteiger partial charge < -0.3 is 4.57 Å². The van der Waals surface area contributed by atoms with Gasteiger partial charge in [-0.3, -0.25) is 0 Å². The summed E-state index contributed by atoms with van der Waals surface area (Å²) in [6.45, 7) is 0. The van der Waals surface area contributed by atoms with Crippen molar-refractivity contribution in [2.24, 2.45) is 0 Å². The van der Waals surface area contributed by atoms with Crippen LogP contribution in [0.5, 0.6) is 0 Å². The Kier molecular flexibility index (Phi) is 5.48. The lowest BCUT2D eigenvalue weighted by Crippen LogP contribution is -1.96. The molecule has 0 saturated carbocycles. The minimum absolute atomic E-state index is 1.00. The molecule has 7 aromatic carbocycles. The largest absolute Gasteiger partial charge is 0.309 e. The van der Waals surface area contributed by atoms with Crippen LogP contribution >= 0.6 is 11.3 Å². The molecule has 0 spiro atoms. The topological polar surface area (TPSA) is 17.8 Å². The number of hydrogen-bond acceptors (Lipinski definition) is 2. The molecule has 0 fully saturated rings. The highest BCUT2D eigenvalue weighted by Crippen LogP contribution is 2.43. The first-order valence-electron chi connectivity index (χ1n) is 15.6. The van der Waals surface area contributed by atoms with Gasteiger partial charge in [-0.05, 0) is 41.5 Å². The Morgan fingerprint density at radius 1 is 0.457 bits per heavy atom. The monoisotopic (exact) mass is 602 g/mol. The maximum atomic E-state index is 5.31. The summed E-state index contributed by atoms with van der Waals surface area (Å²) in [6.07, 6.45) is 0. The van der Waals surface area contributed by atoms with Crippen molar-refractivity contribution in [1.82, 2.24) is 9.55 Å². The van der Waals surface area contributed by atoms with Crippen LogP contribution in [-0.4, -0.2) is 9.55 Å². The SMILES string of the molecule is c1ccc(-n2c3ccccc3c3ccc4c(-c5ccc(-c6cccc7c6sc6ccccc67)cc5)nc5ccccc5c4c32)cc1. The Bertz CT molecular complexity index is 2790. The van der Waals surface area contributed by atoms with E-state index >= 15 is 0 Å². The third kappa shape index (κ3) is 3.67. The molecule has 3 heterocycles. The minimum atomic E-state index is 1.00. The smallest absolute Gasteiger partial charge is 0.0788 e. The molecule has 0 saturated heterocycles. The molecule has 3 aromatic heterocycles. The van der Waals surface area contributed by atoms with Gasteiger partial charge in [-0.1, -0.05) is 127 Å². The fraction of sp³-hybridized carbons (Fsp3) is 0. The zero-order chi connectivity index (χ0) is 30.2. The van der Waals surface area contributed by atoms with Gasteiger partial charge in [-0.25, -0.2) is 4.98 Å². The second kappa shape index (κ2) is 9.87. The van der Waals surface area contributed by atoms with Crippen molar-refractivity contribution in [2.75, 3.05) is 0 Å². The van der Waals surface area contributed by atoms with Crippen molar-refractivity contribution in [3.63, 3.8) is 0 Å². The maximum Gasteiger partial charge on any atom is 0.0788 e. The Labute approximate surface area is 269 Å². The van der Waals surface area contributed by atoms with E-state index in [1.165, 1.54) is 63.9 Å². The number of para-hydroxylation sites is 3. The molecule has 0 atom stereocenters. The van der Waals surface area contributed by atoms with E-state index in [1.54, 1.807) is 0 Å². The molecule has 0 aliphatic rings. The Hall–Kier alpha value is -5.77. The third-order valence-corrected chi connectivity index (χ3v) is 10.6. The average Bonchev–Trinajstić information content (AvgIpc) is 3.68. The number of pyridine rings is 1. The summed E-state index contributed by atoms with van der Waals surface area (Å²) in [5.74, 6) is 0. The van der Waals surface area contributed by atoms with Gasteiger partial charge in [0.1, 0.15) is 0 Å². The third-order valence-electron chi connectivity index (χ3n) is 9.39. The Morgan fingerprint density at radius 2 is 1.13 bits per heavy atom. The summed E-state index contributed by atoms with van der Waals surface area (Å²) in [7, 11) is 0. The molecule has 0 radical (unpaired) electrons. The van der Waals surface area contributed by atoms with Gasteiger partial charge in [0.2, 0.25) is 0 Å². The normalized spacial score (nSPS) is 11.9. The number of thiophene rings is 1. The van der Waals surface area contributed by atoms with Crippen molar-refractivity contribution in [3.05, 3.63) is 158 Å². The van der Waals surface area contributed by atoms with Crippen LogP contribution in [0.15, 0.2) is 158 Å². The number of fused-ring (bicyclic) bond motifs is 10. The number of nitrogens with zero attached hydrogens (tertiary/aromatic N) is 2. The van der Waals surface area contributed by atoms with Crippen LogP contribution in [-0.2, 0) is 0 Å². The fourth-order valence-corrected chi connectivity index (χ4v) is 8.58. The summed E-state index contributed by atoms with van der Waals surface area (Å²) in [4.78, 5) is 5.31. The van der Waals surface area contributed by atoms with Gasteiger partial charge in [-0.15, -0.1) is 11.3 Å². The zero-order valence-electron chi connectivity index (χ0n) is 24.8. The predicted molar refractivity (Wildman–Crippen MR) is 197 cm³/mol. The average molecular weight is 603 g/mol. The summed E-state index contributed by atoms with van der Waals surface area (Å²) in [5.41, 5.74) is 9.20. The van der Waals surface area contributed by atoms with Crippen molar-refractivity contribution in [2.45, 2.75) is 0 Å². The molecule has 0 bridgehead atoms. The molecular formula is C43H26N2S. The van der Waals surface area contributed by atoms with E-state index in [0.717, 1.165) is 27.8 Å². The van der Waals surface area contributed by atoms with E-state index in [1.807, 2.05) is 11.3 Å². The molecule has 3 heteroatoms. The lowest BCUT2D eigenvalue weighted by atomic mass is 9.96. The summed E-state index contributed by atoms with van der Waals surface area (Å²) in [6, 6.07) is 57.0. The van der Waals surface area contributed by atoms with Gasteiger partial charge in [0, 0.05) is 58.4 Å². The van der Waals surface area contributed by atoms with Crippen molar-refractivity contribution >= 4 is 75.0 Å². The lowest BCUT2D eigenvalue weighted by molar-refractivity contribution is 1.19. The van der Waals surface area contributed by atoms with Crippen LogP contribution in [0.2, 0.25) is 0 Å². The van der Waals surface area contributed by atoms with Gasteiger partial charge in [0.25, 0.3) is 0 Å². The molecule has 0 aliphatic carbocycles. The molecule has 0 amide bonds. The molecule has 2 nitrogen and oxygen atoms in total. The molecule has 0 unspecified atom stereocenters. The predicted octanol–water partition coefficient (Wildman–Crippen LogP) is 12.2. The minimum Gasteiger partial charge on any atom is -0.309 e. The van der Waals surface area contributed by atoms with Crippen molar-refractivity contribution < 1.29 is 0 Å². The number of benzene rings is 7. The number of hydrogen-bond donors (Lipinski definition) is 0. The van der Waals surface area contributed by atoms with Crippen LogP contribution in [0, 0.1) is 0 Å². The molecule has 0 N–H and O–H groups in total. The first kappa shape index (κ1) is 25.5. The van der Waals surface area contributed by atoms with E-state index in [4.69, 9.17) is 4.98 Å². The summed E-state index contributed by atoms with van der Waals surface area (Å²) < 4.78 is 5.09. The summed E-state index contributed by atoms with van der Waals surface area (Å²) in [5, 5.41) is 8.71. The molecule has 46 heavy (non-hydrogen) atoms. The Morgan fingerprint density at radius 3 is 2.00 bits per heavy atom. The van der Waals surface area contributed by atoms with Crippen LogP contribution in [0.25, 0.3) is 91.7 Å². The van der Waals surface area contributed by atoms with Gasteiger partial charge in [-0.2, -0.15) is 0 Å². The molecule has 214 valence electrons. The number of aromatic nitrogens is 2. The molecule has 0 aliphatic heterocycles. The van der Waals surface area contributed by atoms with E-state index in [9.17, 15) is 0 Å². The highest BCUT2D eigenvalue weighted by atomic mass is 32.1. The first-order valence-corrected chi connectivity index (χ1v) is 16.5. The molecule has 10 aromatic rings. The van der Waals surface area contributed by atoms with Crippen molar-refractivity contribution in [3.8, 4) is 28.1 Å². The van der Waals surface area contributed by atoms with E-state index in [-0.39, 0.29) is 0 Å². The van der Waals surface area contributed by atoms with Crippen LogP contribution in [0.4, 0.5) is 0 Å². The van der Waals surface area contributed by atoms with E-state index in [0.29, 0.717) is 0 Å². The Balaban J connectivity index is 1.24. The highest BCUT2D eigenvalue weighted by Gasteiger charge is 2.19. The molecule has 10 rings (SSSR count). The van der Waals surface area contributed by atoms with Crippen LogP contribution in [0.3, 0.4) is 0 Å². The first-order chi connectivity index (χ1) is 22.8. The maximum absolute atomic E-state index is 5.31. The van der Waals surface area contributed by atoms with Gasteiger partial charge in [0.15, 0.2) is 0 Å².